The van der Waals surface area contributed by atoms with Crippen molar-refractivity contribution < 1.29 is 8.60 Å². The molecular weight excluding hydrogens is 201 g/mol. The molecule has 0 heterocycles. The Balaban J connectivity index is 2.80. The van der Waals surface area contributed by atoms with Gasteiger partial charge in [0.2, 0.25) is 0 Å². The lowest BCUT2D eigenvalue weighted by Gasteiger charge is -2.05. The number of nitrogens with two attached hydrogens (primary N) is 1. The molecule has 2 nitrogen and oxygen atoms in total. The fourth-order valence-corrected chi connectivity index (χ4v) is 2.30. The normalized spacial score (nSPS) is 12.7. The van der Waals surface area contributed by atoms with E-state index in [2.05, 4.69) is 0 Å². The predicted molar refractivity (Wildman–Crippen MR) is 57.5 cm³/mol. The Morgan fingerprint density at radius 2 is 2.21 bits per heavy atom. The molecule has 0 saturated heterocycles. The maximum absolute atomic E-state index is 11.9. The van der Waals surface area contributed by atoms with Gasteiger partial charge in [0.1, 0.15) is 0 Å². The Hall–Kier alpha value is -0.900. The van der Waals surface area contributed by atoms with E-state index in [-0.39, 0.29) is 0 Å². The molecule has 1 aromatic rings. The molecule has 2 N–H and O–H groups in total. The molecule has 14 heavy (non-hydrogen) atoms. The number of rotatable bonds is 4. The van der Waals surface area contributed by atoms with Gasteiger partial charge in [-0.1, -0.05) is 6.07 Å². The molecule has 0 saturated carbocycles. The monoisotopic (exact) mass is 215 g/mol. The summed E-state index contributed by atoms with van der Waals surface area (Å²) in [6.45, 7) is 1.49. The summed E-state index contributed by atoms with van der Waals surface area (Å²) in [5, 5.41) is 0. The number of benzene rings is 1. The van der Waals surface area contributed by atoms with Gasteiger partial charge in [-0.15, -0.1) is 0 Å². The average molecular weight is 215 g/mol. The first-order valence-electron chi connectivity index (χ1n) is 4.45. The van der Waals surface area contributed by atoms with Crippen LogP contribution in [0.5, 0.6) is 0 Å². The maximum atomic E-state index is 11.9. The van der Waals surface area contributed by atoms with E-state index in [0.29, 0.717) is 22.8 Å². The van der Waals surface area contributed by atoms with E-state index in [1.807, 2.05) is 13.0 Å². The van der Waals surface area contributed by atoms with E-state index in [9.17, 15) is 8.60 Å². The van der Waals surface area contributed by atoms with E-state index >= 15 is 0 Å². The molecule has 0 amide bonds. The quantitative estimate of drug-likeness (QED) is 0.781. The van der Waals surface area contributed by atoms with Crippen LogP contribution >= 0.6 is 0 Å². The lowest BCUT2D eigenvalue weighted by Crippen LogP contribution is -2.03. The topological polar surface area (TPSA) is 43.1 Å². The van der Waals surface area contributed by atoms with E-state index in [1.165, 1.54) is 0 Å². The summed E-state index contributed by atoms with van der Waals surface area (Å²) in [6, 6.07) is 5.39. The summed E-state index contributed by atoms with van der Waals surface area (Å²) in [5.41, 5.74) is 7.27. The molecule has 4 heteroatoms. The van der Waals surface area contributed by atoms with Gasteiger partial charge in [-0.05, 0) is 31.0 Å². The lowest BCUT2D eigenvalue weighted by atomic mass is 10.2. The van der Waals surface area contributed by atoms with Crippen LogP contribution in [0.3, 0.4) is 0 Å². The van der Waals surface area contributed by atoms with Crippen molar-refractivity contribution in [2.45, 2.75) is 18.2 Å². The third-order valence-corrected chi connectivity index (χ3v) is 3.40. The van der Waals surface area contributed by atoms with E-state index in [1.54, 1.807) is 12.1 Å². The number of aryl methyl sites for hydroxylation is 1. The van der Waals surface area contributed by atoms with Gasteiger partial charge in [-0.2, -0.15) is 0 Å². The molecule has 1 unspecified atom stereocenters. The van der Waals surface area contributed by atoms with Crippen molar-refractivity contribution in [2.75, 3.05) is 18.2 Å². The number of hydrogen-bond donors (Lipinski definition) is 1. The second-order valence-electron chi connectivity index (χ2n) is 3.13. The standard InChI is InChI=1S/C10H14FNOS/c1-8-3-4-10(9(12)7-8)14(13)6-2-5-11/h3-4,7H,2,5-6,12H2,1H3. The Bertz CT molecular complexity index is 341. The van der Waals surface area contributed by atoms with Gasteiger partial charge >= 0.3 is 0 Å². The molecular formula is C10H14FNOS. The van der Waals surface area contributed by atoms with Crippen LogP contribution in [0, 0.1) is 6.92 Å². The highest BCUT2D eigenvalue weighted by Crippen LogP contribution is 2.18. The molecule has 1 atom stereocenters. The molecule has 0 aliphatic rings. The second-order valence-corrected chi connectivity index (χ2v) is 4.67. The lowest BCUT2D eigenvalue weighted by molar-refractivity contribution is 0.488. The molecule has 0 aliphatic carbocycles. The number of anilines is 1. The summed E-state index contributed by atoms with van der Waals surface area (Å²) >= 11 is 0. The molecule has 0 bridgehead atoms. The van der Waals surface area contributed by atoms with Crippen molar-refractivity contribution in [3.05, 3.63) is 23.8 Å². The van der Waals surface area contributed by atoms with Crippen LogP contribution in [0.25, 0.3) is 0 Å². The summed E-state index contributed by atoms with van der Waals surface area (Å²) < 4.78 is 23.5. The highest BCUT2D eigenvalue weighted by atomic mass is 32.2. The molecule has 78 valence electrons. The molecule has 0 fully saturated rings. The molecule has 0 radical (unpaired) electrons. The third kappa shape index (κ3) is 2.80. The molecule has 0 aromatic heterocycles. The first-order valence-corrected chi connectivity index (χ1v) is 5.77. The summed E-state index contributed by atoms with van der Waals surface area (Å²) in [7, 11) is -1.17. The number of alkyl halides is 1. The van der Waals surface area contributed by atoms with Crippen LogP contribution in [0.4, 0.5) is 10.1 Å². The van der Waals surface area contributed by atoms with E-state index < -0.39 is 17.5 Å². The predicted octanol–water partition coefficient (Wildman–Crippen LogP) is 2.04. The van der Waals surface area contributed by atoms with Crippen molar-refractivity contribution in [2.24, 2.45) is 0 Å². The zero-order chi connectivity index (χ0) is 10.6. The van der Waals surface area contributed by atoms with Crippen LogP contribution in [0.15, 0.2) is 23.1 Å². The summed E-state index contributed by atoms with van der Waals surface area (Å²) in [4.78, 5) is 0.615. The Labute approximate surface area is 85.8 Å². The van der Waals surface area contributed by atoms with Crippen LogP contribution in [-0.4, -0.2) is 16.6 Å². The Kier molecular flexibility index (Phi) is 4.07. The van der Waals surface area contributed by atoms with Gasteiger partial charge in [0.15, 0.2) is 0 Å². The largest absolute Gasteiger partial charge is 0.398 e. The Morgan fingerprint density at radius 1 is 1.50 bits per heavy atom. The van der Waals surface area contributed by atoms with Crippen molar-refractivity contribution in [1.82, 2.24) is 0 Å². The van der Waals surface area contributed by atoms with E-state index in [0.717, 1.165) is 5.56 Å². The van der Waals surface area contributed by atoms with Crippen molar-refractivity contribution in [1.29, 1.82) is 0 Å². The highest BCUT2D eigenvalue weighted by Gasteiger charge is 2.07. The maximum Gasteiger partial charge on any atom is 0.0903 e. The molecule has 1 aromatic carbocycles. The molecule has 0 aliphatic heterocycles. The Morgan fingerprint density at radius 3 is 2.79 bits per heavy atom. The summed E-state index contributed by atoms with van der Waals surface area (Å²) in [6.07, 6.45) is 0.319. The minimum Gasteiger partial charge on any atom is -0.398 e. The molecule has 0 spiro atoms. The fourth-order valence-electron chi connectivity index (χ4n) is 1.17. The van der Waals surface area contributed by atoms with Gasteiger partial charge in [0, 0.05) is 11.4 Å². The van der Waals surface area contributed by atoms with Crippen LogP contribution < -0.4 is 5.73 Å². The summed E-state index contributed by atoms with van der Waals surface area (Å²) in [5.74, 6) is 0.337. The van der Waals surface area contributed by atoms with Crippen molar-refractivity contribution in [3.63, 3.8) is 0 Å². The van der Waals surface area contributed by atoms with Crippen LogP contribution in [-0.2, 0) is 10.8 Å². The smallest absolute Gasteiger partial charge is 0.0903 e. The number of halogens is 1. The number of hydrogen-bond acceptors (Lipinski definition) is 2. The van der Waals surface area contributed by atoms with Gasteiger partial charge in [-0.3, -0.25) is 8.60 Å². The molecule has 1 rings (SSSR count). The zero-order valence-corrected chi connectivity index (χ0v) is 8.94. The first-order chi connectivity index (χ1) is 6.65. The van der Waals surface area contributed by atoms with Crippen molar-refractivity contribution >= 4 is 16.5 Å². The van der Waals surface area contributed by atoms with Crippen LogP contribution in [0.2, 0.25) is 0 Å². The highest BCUT2D eigenvalue weighted by molar-refractivity contribution is 7.85. The minimum absolute atomic E-state index is 0.319. The number of nitrogen functional groups attached to an aromatic ring is 1. The average Bonchev–Trinajstić information content (AvgIpc) is 2.14. The SMILES string of the molecule is Cc1ccc(S(=O)CCCF)c(N)c1. The minimum atomic E-state index is -1.17. The fraction of sp³-hybridized carbons (Fsp3) is 0.400. The van der Waals surface area contributed by atoms with E-state index in [4.69, 9.17) is 5.73 Å². The van der Waals surface area contributed by atoms with Crippen molar-refractivity contribution in [3.8, 4) is 0 Å². The zero-order valence-electron chi connectivity index (χ0n) is 8.13. The third-order valence-electron chi connectivity index (χ3n) is 1.87. The first kappa shape index (κ1) is 11.2. The van der Waals surface area contributed by atoms with Gasteiger partial charge < -0.3 is 5.73 Å². The van der Waals surface area contributed by atoms with Crippen LogP contribution in [0.1, 0.15) is 12.0 Å². The van der Waals surface area contributed by atoms with Gasteiger partial charge in [0.05, 0.1) is 22.4 Å². The van der Waals surface area contributed by atoms with Gasteiger partial charge in [-0.25, -0.2) is 0 Å². The second kappa shape index (κ2) is 5.10. The van der Waals surface area contributed by atoms with Gasteiger partial charge in [0.25, 0.3) is 0 Å².